The number of benzene rings is 2. The van der Waals surface area contributed by atoms with Crippen molar-refractivity contribution in [1.29, 1.82) is 0 Å². The predicted molar refractivity (Wildman–Crippen MR) is 113 cm³/mol. The lowest BCUT2D eigenvalue weighted by Crippen LogP contribution is -2.57. The molecule has 2 rings (SSSR count). The Bertz CT molecular complexity index is 829. The summed E-state index contributed by atoms with van der Waals surface area (Å²) in [6.45, 7) is 4.55. The second kappa shape index (κ2) is 10.1. The molecule has 2 aromatic carbocycles. The number of rotatable bonds is 8. The summed E-state index contributed by atoms with van der Waals surface area (Å²) in [5.41, 5.74) is -0.758. The molecule has 0 aliphatic carbocycles. The summed E-state index contributed by atoms with van der Waals surface area (Å²) in [7, 11) is 1.54. The van der Waals surface area contributed by atoms with Gasteiger partial charge in [-0.05, 0) is 50.6 Å². The molecule has 0 aliphatic heterocycles. The highest BCUT2D eigenvalue weighted by atomic mass is 16.6. The van der Waals surface area contributed by atoms with Crippen LogP contribution < -0.4 is 10.1 Å². The zero-order valence-corrected chi connectivity index (χ0v) is 17.8. The first kappa shape index (κ1) is 23.2. The summed E-state index contributed by atoms with van der Waals surface area (Å²) in [4.78, 5) is 24.9. The topological polar surface area (TPSA) is 94.1 Å². The van der Waals surface area contributed by atoms with E-state index in [-0.39, 0.29) is 13.0 Å². The van der Waals surface area contributed by atoms with Gasteiger partial charge < -0.3 is 24.6 Å². The van der Waals surface area contributed by atoms with Gasteiger partial charge in [-0.25, -0.2) is 9.59 Å². The molecular formula is C23H29NO6. The number of hydrogen-bond acceptors (Lipinski definition) is 6. The minimum absolute atomic E-state index is 0.234. The van der Waals surface area contributed by atoms with Crippen molar-refractivity contribution in [2.24, 2.45) is 0 Å². The Morgan fingerprint density at radius 2 is 1.63 bits per heavy atom. The molecule has 0 spiro atoms. The van der Waals surface area contributed by atoms with Gasteiger partial charge in [0.2, 0.25) is 0 Å². The molecular weight excluding hydrogens is 386 g/mol. The van der Waals surface area contributed by atoms with Crippen LogP contribution in [-0.2, 0) is 15.9 Å². The summed E-state index contributed by atoms with van der Waals surface area (Å²) in [6.07, 6.45) is -0.451. The fourth-order valence-corrected chi connectivity index (χ4v) is 2.79. The Kier molecular flexibility index (Phi) is 7.83. The Labute approximate surface area is 177 Å². The van der Waals surface area contributed by atoms with Crippen LogP contribution in [0.15, 0.2) is 54.6 Å². The molecule has 1 atom stereocenters. The van der Waals surface area contributed by atoms with E-state index in [1.807, 2.05) is 30.3 Å². The van der Waals surface area contributed by atoms with Gasteiger partial charge in [0, 0.05) is 6.42 Å². The first-order valence-electron chi connectivity index (χ1n) is 9.63. The van der Waals surface area contributed by atoms with Crippen molar-refractivity contribution in [1.82, 2.24) is 5.32 Å². The lowest BCUT2D eigenvalue weighted by Gasteiger charge is -2.33. The minimum Gasteiger partial charge on any atom is -0.497 e. The number of amides is 1. The first-order valence-corrected chi connectivity index (χ1v) is 9.63. The highest BCUT2D eigenvalue weighted by Crippen LogP contribution is 2.18. The van der Waals surface area contributed by atoms with Gasteiger partial charge in [0.1, 0.15) is 23.5 Å². The zero-order valence-electron chi connectivity index (χ0n) is 17.8. The second-order valence-electron chi connectivity index (χ2n) is 8.03. The number of carbonyl (C=O) groups is 2. The molecule has 0 heterocycles. The molecule has 162 valence electrons. The number of methoxy groups -OCH3 is 1. The number of hydrogen-bond donors (Lipinski definition) is 2. The van der Waals surface area contributed by atoms with Crippen LogP contribution in [0.25, 0.3) is 0 Å². The molecule has 0 fully saturated rings. The van der Waals surface area contributed by atoms with E-state index in [4.69, 9.17) is 14.2 Å². The lowest BCUT2D eigenvalue weighted by molar-refractivity contribution is 0.0123. The van der Waals surface area contributed by atoms with Crippen LogP contribution in [0.4, 0.5) is 4.79 Å². The van der Waals surface area contributed by atoms with Crippen molar-refractivity contribution in [3.8, 4) is 5.75 Å². The summed E-state index contributed by atoms with van der Waals surface area (Å²) >= 11 is 0. The molecule has 7 heteroatoms. The fraction of sp³-hybridized carbons (Fsp3) is 0.391. The van der Waals surface area contributed by atoms with Crippen molar-refractivity contribution < 1.29 is 28.9 Å². The molecule has 0 saturated heterocycles. The summed E-state index contributed by atoms with van der Waals surface area (Å²) in [5.74, 6) is 0.0430. The molecule has 2 N–H and O–H groups in total. The predicted octanol–water partition coefficient (Wildman–Crippen LogP) is 3.35. The van der Waals surface area contributed by atoms with Crippen molar-refractivity contribution in [3.63, 3.8) is 0 Å². The zero-order chi connectivity index (χ0) is 22.2. The average molecular weight is 415 g/mol. The Hall–Kier alpha value is -3.06. The number of aliphatic hydroxyl groups excluding tert-OH is 1. The smallest absolute Gasteiger partial charge is 0.408 e. The van der Waals surface area contributed by atoms with E-state index < -0.39 is 29.8 Å². The largest absolute Gasteiger partial charge is 0.497 e. The number of ether oxygens (including phenoxy) is 3. The third-order valence-corrected chi connectivity index (χ3v) is 4.26. The van der Waals surface area contributed by atoms with Gasteiger partial charge in [0.05, 0.1) is 19.3 Å². The monoisotopic (exact) mass is 415 g/mol. The molecule has 0 saturated carbocycles. The van der Waals surface area contributed by atoms with Gasteiger partial charge in [-0.1, -0.05) is 30.3 Å². The molecule has 0 aromatic heterocycles. The normalized spacial score (nSPS) is 13.1. The Balaban J connectivity index is 2.18. The fourth-order valence-electron chi connectivity index (χ4n) is 2.79. The van der Waals surface area contributed by atoms with E-state index in [0.717, 1.165) is 5.56 Å². The van der Waals surface area contributed by atoms with Crippen molar-refractivity contribution in [2.75, 3.05) is 20.3 Å². The highest BCUT2D eigenvalue weighted by molar-refractivity contribution is 5.89. The SMILES string of the molecule is COc1ccc(C(=O)OC[C@](CO)(Cc2ccccc2)NC(=O)OC(C)(C)C)cc1. The number of esters is 1. The van der Waals surface area contributed by atoms with Gasteiger partial charge in [-0.15, -0.1) is 0 Å². The van der Waals surface area contributed by atoms with Crippen LogP contribution in [0, 0.1) is 0 Å². The quantitative estimate of drug-likeness (QED) is 0.642. The maximum Gasteiger partial charge on any atom is 0.408 e. The minimum atomic E-state index is -1.24. The van der Waals surface area contributed by atoms with Crippen LogP contribution in [0.1, 0.15) is 36.7 Å². The third-order valence-electron chi connectivity index (χ3n) is 4.26. The summed E-state index contributed by atoms with van der Waals surface area (Å²) < 4.78 is 15.9. The van der Waals surface area contributed by atoms with Gasteiger partial charge >= 0.3 is 12.1 Å². The van der Waals surface area contributed by atoms with Gasteiger partial charge in [0.15, 0.2) is 0 Å². The molecule has 0 radical (unpaired) electrons. The molecule has 7 nitrogen and oxygen atoms in total. The van der Waals surface area contributed by atoms with Crippen LogP contribution in [0.2, 0.25) is 0 Å². The van der Waals surface area contributed by atoms with Crippen LogP contribution in [0.5, 0.6) is 5.75 Å². The van der Waals surface area contributed by atoms with E-state index in [1.54, 1.807) is 45.0 Å². The van der Waals surface area contributed by atoms with Crippen LogP contribution in [-0.4, -0.2) is 48.6 Å². The van der Waals surface area contributed by atoms with E-state index in [9.17, 15) is 14.7 Å². The Morgan fingerprint density at radius 1 is 1.00 bits per heavy atom. The van der Waals surface area contributed by atoms with Crippen molar-refractivity contribution in [3.05, 3.63) is 65.7 Å². The number of nitrogens with one attached hydrogen (secondary N) is 1. The van der Waals surface area contributed by atoms with Gasteiger partial charge in [-0.2, -0.15) is 0 Å². The number of aliphatic hydroxyl groups is 1. The maximum absolute atomic E-state index is 12.5. The maximum atomic E-state index is 12.5. The summed E-state index contributed by atoms with van der Waals surface area (Å²) in [5, 5.41) is 12.9. The molecule has 1 amide bonds. The Morgan fingerprint density at radius 3 is 2.17 bits per heavy atom. The molecule has 0 unspecified atom stereocenters. The van der Waals surface area contributed by atoms with E-state index in [0.29, 0.717) is 11.3 Å². The van der Waals surface area contributed by atoms with Gasteiger partial charge in [-0.3, -0.25) is 0 Å². The van der Waals surface area contributed by atoms with Crippen LogP contribution >= 0.6 is 0 Å². The summed E-state index contributed by atoms with van der Waals surface area (Å²) in [6, 6.07) is 15.8. The van der Waals surface area contributed by atoms with E-state index >= 15 is 0 Å². The van der Waals surface area contributed by atoms with Crippen molar-refractivity contribution >= 4 is 12.1 Å². The molecule has 2 aromatic rings. The molecule has 0 bridgehead atoms. The average Bonchev–Trinajstić information content (AvgIpc) is 2.71. The standard InChI is InChI=1S/C23H29NO6/c1-22(2,3)30-21(27)24-23(15-25,14-17-8-6-5-7-9-17)16-29-20(26)18-10-12-19(28-4)13-11-18/h5-13,25H,14-16H2,1-4H3,(H,24,27)/t23-/m1/s1. The number of alkyl carbamates (subject to hydrolysis) is 1. The van der Waals surface area contributed by atoms with Crippen LogP contribution in [0.3, 0.4) is 0 Å². The van der Waals surface area contributed by atoms with E-state index in [2.05, 4.69) is 5.32 Å². The third kappa shape index (κ3) is 7.08. The highest BCUT2D eigenvalue weighted by Gasteiger charge is 2.35. The molecule has 0 aliphatic rings. The number of carbonyl (C=O) groups excluding carboxylic acids is 2. The second-order valence-corrected chi connectivity index (χ2v) is 8.03. The lowest BCUT2D eigenvalue weighted by atomic mass is 9.92. The van der Waals surface area contributed by atoms with Crippen molar-refractivity contribution in [2.45, 2.75) is 38.3 Å². The van der Waals surface area contributed by atoms with E-state index in [1.165, 1.54) is 7.11 Å². The molecule has 30 heavy (non-hydrogen) atoms. The van der Waals surface area contributed by atoms with Gasteiger partial charge in [0.25, 0.3) is 0 Å². The first-order chi connectivity index (χ1) is 14.2.